The molecule has 0 atom stereocenters. The van der Waals surface area contributed by atoms with E-state index in [4.69, 9.17) is 16.7 Å². The quantitative estimate of drug-likeness (QED) is 0.830. The smallest absolute Gasteiger partial charge is 0.304 e. The minimum atomic E-state index is -0.775. The first-order valence-electron chi connectivity index (χ1n) is 4.97. The van der Waals surface area contributed by atoms with Crippen LogP contribution in [-0.2, 0) is 4.79 Å². The number of benzene rings is 1. The van der Waals surface area contributed by atoms with Crippen LogP contribution < -0.4 is 0 Å². The number of carboxylic acid groups (broad SMARTS) is 1. The molecule has 0 fully saturated rings. The van der Waals surface area contributed by atoms with E-state index in [1.165, 1.54) is 0 Å². The maximum atomic E-state index is 10.7. The Kier molecular flexibility index (Phi) is 4.28. The fourth-order valence-electron chi connectivity index (χ4n) is 1.40. The second kappa shape index (κ2) is 5.11. The molecular formula is C12H15ClO2S. The highest BCUT2D eigenvalue weighted by Crippen LogP contribution is 2.36. The third-order valence-corrected chi connectivity index (χ3v) is 3.71. The zero-order chi connectivity index (χ0) is 12.3. The molecule has 1 N–H and O–H groups in total. The Morgan fingerprint density at radius 3 is 2.62 bits per heavy atom. The number of hydrogen-bond acceptors (Lipinski definition) is 2. The second-order valence-electron chi connectivity index (χ2n) is 4.34. The van der Waals surface area contributed by atoms with Crippen molar-refractivity contribution in [3.63, 3.8) is 0 Å². The summed E-state index contributed by atoms with van der Waals surface area (Å²) in [4.78, 5) is 11.7. The molecule has 1 aromatic rings. The summed E-state index contributed by atoms with van der Waals surface area (Å²) in [6, 6.07) is 5.75. The molecule has 0 unspecified atom stereocenters. The van der Waals surface area contributed by atoms with E-state index in [9.17, 15) is 4.79 Å². The summed E-state index contributed by atoms with van der Waals surface area (Å²) in [7, 11) is 0. The summed E-state index contributed by atoms with van der Waals surface area (Å²) in [5.41, 5.74) is 1.01. The number of aryl methyl sites for hydroxylation is 1. The Balaban J connectivity index is 2.79. The van der Waals surface area contributed by atoms with Crippen molar-refractivity contribution in [2.75, 3.05) is 0 Å². The fraction of sp³-hybridized carbons (Fsp3) is 0.417. The Hall–Kier alpha value is -0.670. The molecule has 0 bridgehead atoms. The third-order valence-electron chi connectivity index (χ3n) is 2.10. The second-order valence-corrected chi connectivity index (χ2v) is 6.53. The first-order valence-corrected chi connectivity index (χ1v) is 6.16. The van der Waals surface area contributed by atoms with Gasteiger partial charge in [0.1, 0.15) is 0 Å². The monoisotopic (exact) mass is 258 g/mol. The predicted octanol–water partition coefficient (Wildman–Crippen LogP) is 3.99. The van der Waals surface area contributed by atoms with Gasteiger partial charge in [-0.15, -0.1) is 11.8 Å². The molecule has 16 heavy (non-hydrogen) atoms. The average molecular weight is 259 g/mol. The van der Waals surface area contributed by atoms with Crippen molar-refractivity contribution in [1.29, 1.82) is 0 Å². The molecule has 1 aromatic carbocycles. The third kappa shape index (κ3) is 4.06. The molecule has 0 radical (unpaired) electrons. The summed E-state index contributed by atoms with van der Waals surface area (Å²) in [6.07, 6.45) is 0.138. The molecular weight excluding hydrogens is 244 g/mol. The molecule has 0 aliphatic heterocycles. The lowest BCUT2D eigenvalue weighted by Gasteiger charge is -2.21. The fourth-order valence-corrected chi connectivity index (χ4v) is 2.72. The highest BCUT2D eigenvalue weighted by Gasteiger charge is 2.23. The summed E-state index contributed by atoms with van der Waals surface area (Å²) in [5, 5.41) is 9.53. The molecule has 0 aliphatic rings. The van der Waals surface area contributed by atoms with E-state index in [2.05, 4.69) is 0 Å². The average Bonchev–Trinajstić information content (AvgIpc) is 2.08. The molecule has 0 saturated heterocycles. The highest BCUT2D eigenvalue weighted by atomic mass is 35.5. The van der Waals surface area contributed by atoms with E-state index < -0.39 is 5.97 Å². The number of thioether (sulfide) groups is 1. The molecule has 0 spiro atoms. The molecule has 0 heterocycles. The largest absolute Gasteiger partial charge is 0.481 e. The first kappa shape index (κ1) is 13.4. The van der Waals surface area contributed by atoms with Gasteiger partial charge >= 0.3 is 5.97 Å². The van der Waals surface area contributed by atoms with Crippen molar-refractivity contribution in [2.24, 2.45) is 0 Å². The van der Waals surface area contributed by atoms with Crippen LogP contribution in [0.25, 0.3) is 0 Å². The van der Waals surface area contributed by atoms with Gasteiger partial charge in [0.15, 0.2) is 0 Å². The van der Waals surface area contributed by atoms with Gasteiger partial charge in [-0.2, -0.15) is 0 Å². The number of carbonyl (C=O) groups is 1. The Morgan fingerprint density at radius 1 is 1.50 bits per heavy atom. The lowest BCUT2D eigenvalue weighted by atomic mass is 10.1. The Labute approximate surface area is 105 Å². The van der Waals surface area contributed by atoms with Crippen molar-refractivity contribution >= 4 is 29.3 Å². The van der Waals surface area contributed by atoms with Gasteiger partial charge in [-0.1, -0.05) is 11.6 Å². The summed E-state index contributed by atoms with van der Waals surface area (Å²) in [6.45, 7) is 5.79. The van der Waals surface area contributed by atoms with Crippen LogP contribution in [0, 0.1) is 6.92 Å². The molecule has 88 valence electrons. The zero-order valence-electron chi connectivity index (χ0n) is 9.58. The topological polar surface area (TPSA) is 37.3 Å². The normalized spacial score (nSPS) is 11.5. The molecule has 0 aliphatic carbocycles. The number of aliphatic carboxylic acids is 1. The number of hydrogen-bond donors (Lipinski definition) is 1. The molecule has 2 nitrogen and oxygen atoms in total. The Bertz CT molecular complexity index is 402. The highest BCUT2D eigenvalue weighted by molar-refractivity contribution is 8.00. The van der Waals surface area contributed by atoms with E-state index in [-0.39, 0.29) is 11.2 Å². The molecule has 0 saturated carbocycles. The molecule has 4 heteroatoms. The molecule has 0 amide bonds. The number of rotatable bonds is 4. The molecule has 0 aromatic heterocycles. The van der Waals surface area contributed by atoms with Crippen LogP contribution in [0.3, 0.4) is 0 Å². The minimum absolute atomic E-state index is 0.138. The number of halogens is 1. The van der Waals surface area contributed by atoms with Gasteiger partial charge in [0.2, 0.25) is 0 Å². The SMILES string of the molecule is Cc1cc(SC(C)(C)CC(=O)O)ccc1Cl. The summed E-state index contributed by atoms with van der Waals surface area (Å²) in [5.74, 6) is -0.775. The number of carboxylic acids is 1. The van der Waals surface area contributed by atoms with Crippen molar-refractivity contribution in [2.45, 2.75) is 36.8 Å². The zero-order valence-corrected chi connectivity index (χ0v) is 11.2. The van der Waals surface area contributed by atoms with E-state index in [1.54, 1.807) is 11.8 Å². The van der Waals surface area contributed by atoms with Gasteiger partial charge in [-0.3, -0.25) is 4.79 Å². The van der Waals surface area contributed by atoms with Crippen LogP contribution in [0.4, 0.5) is 0 Å². The molecule has 1 rings (SSSR count). The Morgan fingerprint density at radius 2 is 2.12 bits per heavy atom. The first-order chi connectivity index (χ1) is 7.30. The van der Waals surface area contributed by atoms with Gasteiger partial charge in [0.25, 0.3) is 0 Å². The maximum Gasteiger partial charge on any atom is 0.304 e. The van der Waals surface area contributed by atoms with Crippen molar-refractivity contribution in [3.05, 3.63) is 28.8 Å². The van der Waals surface area contributed by atoms with Crippen molar-refractivity contribution in [1.82, 2.24) is 0 Å². The van der Waals surface area contributed by atoms with E-state index >= 15 is 0 Å². The summed E-state index contributed by atoms with van der Waals surface area (Å²) < 4.78 is -0.313. The van der Waals surface area contributed by atoms with Gasteiger partial charge in [0, 0.05) is 14.7 Å². The van der Waals surface area contributed by atoms with Crippen LogP contribution in [0.5, 0.6) is 0 Å². The van der Waals surface area contributed by atoms with Crippen molar-refractivity contribution in [3.8, 4) is 0 Å². The van der Waals surface area contributed by atoms with Crippen molar-refractivity contribution < 1.29 is 9.90 Å². The maximum absolute atomic E-state index is 10.7. The predicted molar refractivity (Wildman–Crippen MR) is 68.4 cm³/mol. The standard InChI is InChI=1S/C12H15ClO2S/c1-8-6-9(4-5-10(8)13)16-12(2,3)7-11(14)15/h4-6H,7H2,1-3H3,(H,14,15). The van der Waals surface area contributed by atoms with Gasteiger partial charge in [-0.25, -0.2) is 0 Å². The van der Waals surface area contributed by atoms with Gasteiger partial charge in [0.05, 0.1) is 6.42 Å². The van der Waals surface area contributed by atoms with E-state index in [0.717, 1.165) is 15.5 Å². The summed E-state index contributed by atoms with van der Waals surface area (Å²) >= 11 is 7.49. The van der Waals surface area contributed by atoms with Crippen LogP contribution in [0.15, 0.2) is 23.1 Å². The van der Waals surface area contributed by atoms with Crippen LogP contribution in [0.1, 0.15) is 25.8 Å². The van der Waals surface area contributed by atoms with Gasteiger partial charge in [-0.05, 0) is 44.5 Å². The van der Waals surface area contributed by atoms with E-state index in [0.29, 0.717) is 0 Å². The van der Waals surface area contributed by atoms with Crippen LogP contribution in [-0.4, -0.2) is 15.8 Å². The van der Waals surface area contributed by atoms with E-state index in [1.807, 2.05) is 39.0 Å². The van der Waals surface area contributed by atoms with Crippen LogP contribution in [0.2, 0.25) is 5.02 Å². The lowest BCUT2D eigenvalue weighted by Crippen LogP contribution is -2.19. The van der Waals surface area contributed by atoms with Gasteiger partial charge < -0.3 is 5.11 Å². The van der Waals surface area contributed by atoms with Crippen LogP contribution >= 0.6 is 23.4 Å². The lowest BCUT2D eigenvalue weighted by molar-refractivity contribution is -0.137. The minimum Gasteiger partial charge on any atom is -0.481 e.